The molecule has 416 valence electrons. The summed E-state index contributed by atoms with van der Waals surface area (Å²) in [6.07, 6.45) is 45.5. The fraction of sp³-hybridized carbons (Fsp3) is 0.852. The number of amides is 3. The molecule has 1 fully saturated rings. The lowest BCUT2D eigenvalue weighted by atomic mass is 10.1. The predicted octanol–water partition coefficient (Wildman–Crippen LogP) is 8.65. The predicted molar refractivity (Wildman–Crippen MR) is 298 cm³/mol. The first-order chi connectivity index (χ1) is 32.7. The van der Waals surface area contributed by atoms with E-state index in [-0.39, 0.29) is 66.8 Å². The molecule has 0 bridgehead atoms. The van der Waals surface area contributed by atoms with Gasteiger partial charge in [0.2, 0.25) is 17.7 Å². The van der Waals surface area contributed by atoms with Crippen molar-refractivity contribution in [3.05, 3.63) is 29.1 Å². The molecule has 2 atom stereocenters. The van der Waals surface area contributed by atoms with Gasteiger partial charge in [0.25, 0.3) is 0 Å². The Morgan fingerprint density at radius 3 is 1.31 bits per heavy atom. The number of nitrogens with one attached hydrogen (secondary N) is 4. The summed E-state index contributed by atoms with van der Waals surface area (Å²) < 4.78 is 0. The van der Waals surface area contributed by atoms with Crippen LogP contribution in [0.15, 0.2) is 24.3 Å². The molecule has 0 aromatic rings. The molecule has 3 amide bonds. The summed E-state index contributed by atoms with van der Waals surface area (Å²) in [5.74, 6) is -0.107. The van der Waals surface area contributed by atoms with E-state index in [4.69, 9.17) is 11.8 Å². The van der Waals surface area contributed by atoms with Crippen LogP contribution in [-0.4, -0.2) is 105 Å². The minimum Gasteiger partial charge on any atom is -1.00 e. The number of carbonyl (C=O) groups is 4. The van der Waals surface area contributed by atoms with Gasteiger partial charge in [-0.25, -0.2) is 0 Å². The third-order valence-electron chi connectivity index (χ3n) is 12.6. The van der Waals surface area contributed by atoms with Crippen molar-refractivity contribution in [2.45, 2.75) is 238 Å². The number of piperazine rings is 1. The third kappa shape index (κ3) is 50.1. The number of quaternary nitrogens is 1. The maximum atomic E-state index is 12.9. The number of unbranched alkanes of at least 4 members (excludes halogenated alkanes) is 22. The van der Waals surface area contributed by atoms with Crippen LogP contribution in [-0.2, 0) is 19.2 Å². The first kappa shape index (κ1) is 75.0. The Morgan fingerprint density at radius 1 is 0.557 bits per heavy atom. The highest BCUT2D eigenvalue weighted by atomic mass is 35.5. The van der Waals surface area contributed by atoms with Gasteiger partial charge in [-0.1, -0.05) is 147 Å². The van der Waals surface area contributed by atoms with Crippen molar-refractivity contribution in [1.29, 1.82) is 0 Å². The number of allylic oxidation sites excluding steroid dienone is 4. The second kappa shape index (κ2) is 58.4. The van der Waals surface area contributed by atoms with Crippen molar-refractivity contribution >= 4 is 60.1 Å². The molecule has 1 rings (SSSR count). The number of ketones is 1. The largest absolute Gasteiger partial charge is 1.00 e. The molecule has 1 heterocycles. The summed E-state index contributed by atoms with van der Waals surface area (Å²) in [6.45, 7) is 12.5. The van der Waals surface area contributed by atoms with Crippen LogP contribution < -0.4 is 39.4 Å². The molecular weight excluding hydrogens is 966 g/mol. The SMILES string of the molecule is CCCCCCCC/C=C\CCCCCCCC(=O)N[C@@H](CCC[N-]Cl)C(=O)NCN1CCN(CNC)CC1.CCCCCCCC/C=C\CCCCCCCC(=O)N[C@@H](CCC[NH3+])C(C)=O.Cl.Cl.[Cl-]. The number of nitrogens with zero attached hydrogens (tertiary/aromatic N) is 3. The highest BCUT2D eigenvalue weighted by Crippen LogP contribution is 2.13. The van der Waals surface area contributed by atoms with Crippen molar-refractivity contribution in [2.75, 3.05) is 59.7 Å². The molecule has 0 unspecified atom stereocenters. The monoisotopic (exact) mass is 1070 g/mol. The first-order valence-corrected chi connectivity index (χ1v) is 27.9. The number of Topliss-reactive ketones (excluding diaryl/α,β-unsaturated/α-hetero) is 1. The average Bonchev–Trinajstić information content (AvgIpc) is 3.32. The molecule has 0 spiro atoms. The van der Waals surface area contributed by atoms with Gasteiger partial charge in [-0.05, 0) is 97.4 Å². The molecule has 1 aliphatic heterocycles. The maximum Gasteiger partial charge on any atom is 0.243 e. The summed E-state index contributed by atoms with van der Waals surface area (Å²) >= 11 is 5.46. The molecule has 1 saturated heterocycles. The summed E-state index contributed by atoms with van der Waals surface area (Å²) in [4.78, 5) is 57.1. The topological polar surface area (TPSA) is 165 Å². The van der Waals surface area contributed by atoms with Crippen molar-refractivity contribution in [2.24, 2.45) is 0 Å². The Balaban J connectivity index is -0.000000627. The molecule has 16 heteroatoms. The van der Waals surface area contributed by atoms with Gasteiger partial charge in [0, 0.05) is 45.7 Å². The van der Waals surface area contributed by atoms with Crippen LogP contribution in [0.2, 0.25) is 0 Å². The van der Waals surface area contributed by atoms with E-state index in [9.17, 15) is 19.2 Å². The van der Waals surface area contributed by atoms with Gasteiger partial charge in [0.05, 0.1) is 19.3 Å². The van der Waals surface area contributed by atoms with E-state index in [1.165, 1.54) is 128 Å². The van der Waals surface area contributed by atoms with Gasteiger partial charge in [0.15, 0.2) is 5.78 Å². The number of carbonyl (C=O) groups excluding carboxylic acids is 4. The lowest BCUT2D eigenvalue weighted by molar-refractivity contribution is -0.368. The van der Waals surface area contributed by atoms with E-state index < -0.39 is 6.04 Å². The van der Waals surface area contributed by atoms with E-state index >= 15 is 0 Å². The van der Waals surface area contributed by atoms with Crippen LogP contribution in [0.25, 0.3) is 4.84 Å². The highest BCUT2D eigenvalue weighted by molar-refractivity contribution is 6.24. The minimum absolute atomic E-state index is 0. The molecule has 0 radical (unpaired) electrons. The number of halogens is 4. The smallest absolute Gasteiger partial charge is 0.243 e. The Hall–Kier alpha value is -1.48. The van der Waals surface area contributed by atoms with Crippen LogP contribution in [0.3, 0.4) is 0 Å². The van der Waals surface area contributed by atoms with Gasteiger partial charge in [-0.3, -0.25) is 40.8 Å². The van der Waals surface area contributed by atoms with Crippen LogP contribution in [0.4, 0.5) is 0 Å². The molecule has 0 aliphatic carbocycles. The van der Waals surface area contributed by atoms with Crippen LogP contribution in [0.1, 0.15) is 226 Å². The second-order valence-corrected chi connectivity index (χ2v) is 19.2. The van der Waals surface area contributed by atoms with Crippen LogP contribution in [0, 0.1) is 0 Å². The van der Waals surface area contributed by atoms with Crippen LogP contribution in [0.5, 0.6) is 0 Å². The summed E-state index contributed by atoms with van der Waals surface area (Å²) in [6, 6.07) is -0.859. The summed E-state index contributed by atoms with van der Waals surface area (Å²) in [5, 5.41) is 12.0. The first-order valence-electron chi connectivity index (χ1n) is 27.5. The Morgan fingerprint density at radius 2 is 0.929 bits per heavy atom. The van der Waals surface area contributed by atoms with Gasteiger partial charge in [0.1, 0.15) is 6.04 Å². The summed E-state index contributed by atoms with van der Waals surface area (Å²) in [5.41, 5.74) is 3.79. The zero-order valence-electron chi connectivity index (χ0n) is 45.0. The quantitative estimate of drug-likeness (QED) is 0.0301. The lowest BCUT2D eigenvalue weighted by Gasteiger charge is -2.34. The molecular formula is C54H107Cl4N8O4-. The van der Waals surface area contributed by atoms with E-state index in [0.29, 0.717) is 45.3 Å². The molecule has 12 nitrogen and oxygen atoms in total. The van der Waals surface area contributed by atoms with E-state index in [1.807, 2.05) is 7.05 Å². The van der Waals surface area contributed by atoms with Crippen molar-refractivity contribution in [3.8, 4) is 0 Å². The molecule has 7 N–H and O–H groups in total. The van der Waals surface area contributed by atoms with Crippen molar-refractivity contribution < 1.29 is 37.3 Å². The Labute approximate surface area is 453 Å². The third-order valence-corrected chi connectivity index (χ3v) is 12.8. The normalized spacial score (nSPS) is 13.6. The molecule has 0 aromatic carbocycles. The fourth-order valence-corrected chi connectivity index (χ4v) is 8.36. The zero-order chi connectivity index (χ0) is 49.3. The van der Waals surface area contributed by atoms with Crippen molar-refractivity contribution in [3.63, 3.8) is 0 Å². The highest BCUT2D eigenvalue weighted by Gasteiger charge is 2.22. The van der Waals surface area contributed by atoms with Gasteiger partial charge >= 0.3 is 0 Å². The van der Waals surface area contributed by atoms with Crippen LogP contribution >= 0.6 is 36.6 Å². The minimum atomic E-state index is -0.537. The van der Waals surface area contributed by atoms with E-state index in [2.05, 4.69) is 79.8 Å². The molecule has 70 heavy (non-hydrogen) atoms. The lowest BCUT2D eigenvalue weighted by Crippen LogP contribution is -3.00. The number of hydrogen-bond donors (Lipinski definition) is 5. The van der Waals surface area contributed by atoms with Gasteiger partial charge in [-0.2, -0.15) is 0 Å². The Bertz CT molecular complexity index is 1230. The second-order valence-electron chi connectivity index (χ2n) is 18.9. The van der Waals surface area contributed by atoms with E-state index in [1.54, 1.807) is 6.92 Å². The van der Waals surface area contributed by atoms with Gasteiger partial charge < -0.3 is 44.2 Å². The van der Waals surface area contributed by atoms with E-state index in [0.717, 1.165) is 84.3 Å². The maximum absolute atomic E-state index is 12.9. The average molecular weight is 1070 g/mol. The molecule has 0 saturated carbocycles. The summed E-state index contributed by atoms with van der Waals surface area (Å²) in [7, 11) is 1.95. The standard InChI is InChI=1S/C30H58ClN6O2.C24H46N2O2.3ClH/c1-3-4-5-6-7-8-9-10-11-12-13-14-15-16-17-20-29(38)35-28(19-18-21-34-31)30(39)33-27-37-24-22-36(23-25-37)26-32-2;1-3-4-5-6-7-8-9-10-11-12-13-14-15-16-17-20-24(28)26-23(22(2)27)19-18-21-25;;;/h10-11,28,32H,3-9,12-27H2,1-2H3,(H,33,39)(H,35,38);10-11,23H,3-9,12-21,25H2,1-2H3,(H,26,28);3*1H/q-1;;;;/b2*11-10-;;;/t28-;23-;;;/m00.../s1. The van der Waals surface area contributed by atoms with Gasteiger partial charge in [-0.15, -0.1) is 31.4 Å². The fourth-order valence-electron chi connectivity index (χ4n) is 8.24. The number of rotatable bonds is 45. The number of hydrogen-bond acceptors (Lipinski definition) is 7. The molecule has 1 aliphatic rings. The molecule has 0 aromatic heterocycles. The van der Waals surface area contributed by atoms with Crippen molar-refractivity contribution in [1.82, 2.24) is 31.1 Å². The Kier molecular flexibility index (Phi) is 62.6. The zero-order valence-corrected chi connectivity index (χ0v) is 48.1.